The maximum atomic E-state index is 12.5. The van der Waals surface area contributed by atoms with Gasteiger partial charge in [-0.25, -0.2) is 8.42 Å². The molecule has 0 spiro atoms. The number of guanidine groups is 1. The summed E-state index contributed by atoms with van der Waals surface area (Å²) in [5.74, 6) is 0.614. The molecule has 1 saturated heterocycles. The van der Waals surface area contributed by atoms with E-state index in [1.807, 2.05) is 43.0 Å². The fourth-order valence-electron chi connectivity index (χ4n) is 3.17. The minimum absolute atomic E-state index is 0.00277. The predicted molar refractivity (Wildman–Crippen MR) is 119 cm³/mol. The van der Waals surface area contributed by atoms with Gasteiger partial charge in [0.2, 0.25) is 15.9 Å². The van der Waals surface area contributed by atoms with E-state index in [-0.39, 0.29) is 24.4 Å². The van der Waals surface area contributed by atoms with Crippen molar-refractivity contribution < 1.29 is 17.9 Å². The molecule has 9 nitrogen and oxygen atoms in total. The van der Waals surface area contributed by atoms with Crippen LogP contribution in [0.25, 0.3) is 0 Å². The molecule has 1 aliphatic rings. The van der Waals surface area contributed by atoms with E-state index >= 15 is 0 Å². The number of sulfonamides is 1. The van der Waals surface area contributed by atoms with Crippen LogP contribution in [0.4, 0.5) is 5.69 Å². The highest BCUT2D eigenvalue weighted by Crippen LogP contribution is 2.12. The number of rotatable bonds is 8. The molecule has 1 aromatic carbocycles. The lowest BCUT2D eigenvalue weighted by molar-refractivity contribution is -0.114. The van der Waals surface area contributed by atoms with Crippen LogP contribution < -0.4 is 10.6 Å². The van der Waals surface area contributed by atoms with Crippen LogP contribution in [-0.2, 0) is 26.1 Å². The van der Waals surface area contributed by atoms with Crippen LogP contribution in [0.15, 0.2) is 29.3 Å². The fourth-order valence-corrected chi connectivity index (χ4v) is 4.46. The van der Waals surface area contributed by atoms with Crippen LogP contribution in [-0.4, -0.2) is 81.2 Å². The number of nitrogens with one attached hydrogen (secondary N) is 2. The van der Waals surface area contributed by atoms with Gasteiger partial charge in [0.15, 0.2) is 5.96 Å². The summed E-state index contributed by atoms with van der Waals surface area (Å²) in [6, 6.07) is 7.60. The molecule has 0 atom stereocenters. The summed E-state index contributed by atoms with van der Waals surface area (Å²) in [5, 5.41) is 6.08. The van der Waals surface area contributed by atoms with Gasteiger partial charge in [0.25, 0.3) is 0 Å². The van der Waals surface area contributed by atoms with E-state index in [4.69, 9.17) is 4.74 Å². The van der Waals surface area contributed by atoms with Crippen molar-refractivity contribution in [3.8, 4) is 0 Å². The van der Waals surface area contributed by atoms with Gasteiger partial charge in [0.1, 0.15) is 0 Å². The Balaban J connectivity index is 1.86. The number of ether oxygens (including phenoxy) is 1. The van der Waals surface area contributed by atoms with Gasteiger partial charge >= 0.3 is 0 Å². The van der Waals surface area contributed by atoms with Gasteiger partial charge in [0, 0.05) is 52.4 Å². The lowest BCUT2D eigenvalue weighted by Gasteiger charge is -2.35. The Morgan fingerprint density at radius 2 is 1.93 bits per heavy atom. The number of hydrogen-bond acceptors (Lipinski definition) is 5. The van der Waals surface area contributed by atoms with Crippen molar-refractivity contribution >= 4 is 27.6 Å². The third kappa shape index (κ3) is 7.58. The first-order valence-corrected chi connectivity index (χ1v) is 11.7. The van der Waals surface area contributed by atoms with E-state index in [9.17, 15) is 13.2 Å². The molecule has 0 radical (unpaired) electrons. The van der Waals surface area contributed by atoms with Gasteiger partial charge in [-0.3, -0.25) is 9.79 Å². The third-order valence-electron chi connectivity index (χ3n) is 4.63. The summed E-state index contributed by atoms with van der Waals surface area (Å²) in [6.45, 7) is 7.98. The molecular weight excluding hydrogens is 406 g/mol. The van der Waals surface area contributed by atoms with Crippen LogP contribution in [0.3, 0.4) is 0 Å². The van der Waals surface area contributed by atoms with E-state index in [0.717, 1.165) is 17.2 Å². The number of carbonyl (C=O) groups is 1. The summed E-state index contributed by atoms with van der Waals surface area (Å²) in [5.41, 5.74) is 1.76. The average Bonchev–Trinajstić information content (AvgIpc) is 2.68. The molecule has 0 saturated carbocycles. The van der Waals surface area contributed by atoms with Gasteiger partial charge in [-0.05, 0) is 31.5 Å². The Morgan fingerprint density at radius 1 is 1.23 bits per heavy atom. The largest absolute Gasteiger partial charge is 0.378 e. The highest BCUT2D eigenvalue weighted by atomic mass is 32.2. The molecule has 1 aliphatic heterocycles. The smallest absolute Gasteiger partial charge is 0.221 e. The SMILES string of the molecule is CN=C(NCc1cccc(NC(C)=O)c1)N1CCN(S(=O)(=O)CCOC(C)C)CC1. The second-order valence-electron chi connectivity index (χ2n) is 7.40. The maximum absolute atomic E-state index is 12.5. The van der Waals surface area contributed by atoms with Gasteiger partial charge in [-0.15, -0.1) is 0 Å². The molecule has 10 heteroatoms. The Kier molecular flexibility index (Phi) is 9.07. The summed E-state index contributed by atoms with van der Waals surface area (Å²) in [6.07, 6.45) is 0.0189. The summed E-state index contributed by atoms with van der Waals surface area (Å²) in [7, 11) is -1.61. The zero-order valence-corrected chi connectivity index (χ0v) is 19.0. The first-order valence-electron chi connectivity index (χ1n) is 10.1. The molecule has 1 fully saturated rings. The fraction of sp³-hybridized carbons (Fsp3) is 0.600. The number of piperazine rings is 1. The van der Waals surface area contributed by atoms with Crippen molar-refractivity contribution in [1.29, 1.82) is 0 Å². The van der Waals surface area contributed by atoms with Gasteiger partial charge in [-0.1, -0.05) is 12.1 Å². The predicted octanol–water partition coefficient (Wildman–Crippen LogP) is 1.09. The zero-order valence-electron chi connectivity index (χ0n) is 18.2. The Hall–Kier alpha value is -2.17. The first kappa shape index (κ1) is 24.1. The first-order chi connectivity index (χ1) is 14.2. The number of hydrogen-bond donors (Lipinski definition) is 2. The van der Waals surface area contributed by atoms with Crippen molar-refractivity contribution in [3.63, 3.8) is 0 Å². The monoisotopic (exact) mass is 439 g/mol. The van der Waals surface area contributed by atoms with E-state index < -0.39 is 10.0 Å². The number of aliphatic imine (C=N–C) groups is 1. The van der Waals surface area contributed by atoms with Crippen molar-refractivity contribution in [1.82, 2.24) is 14.5 Å². The van der Waals surface area contributed by atoms with Crippen LogP contribution in [0.1, 0.15) is 26.3 Å². The van der Waals surface area contributed by atoms with E-state index in [1.54, 1.807) is 7.05 Å². The van der Waals surface area contributed by atoms with Crippen molar-refractivity contribution in [2.24, 2.45) is 4.99 Å². The molecule has 1 heterocycles. The second kappa shape index (κ2) is 11.3. The van der Waals surface area contributed by atoms with Crippen LogP contribution in [0, 0.1) is 0 Å². The molecule has 2 rings (SSSR count). The summed E-state index contributed by atoms with van der Waals surface area (Å²) < 4.78 is 31.9. The number of carbonyl (C=O) groups excluding carboxylic acids is 1. The number of anilines is 1. The lowest BCUT2D eigenvalue weighted by Crippen LogP contribution is -2.54. The standard InChI is InChI=1S/C20H33N5O4S/c1-16(2)29-12-13-30(27,28)25-10-8-24(9-11-25)20(21-4)22-15-18-6-5-7-19(14-18)23-17(3)26/h5-7,14,16H,8-13,15H2,1-4H3,(H,21,22)(H,23,26). The van der Waals surface area contributed by atoms with E-state index in [1.165, 1.54) is 11.2 Å². The topological polar surface area (TPSA) is 103 Å². The van der Waals surface area contributed by atoms with E-state index in [2.05, 4.69) is 15.6 Å². The summed E-state index contributed by atoms with van der Waals surface area (Å²) >= 11 is 0. The normalized spacial score (nSPS) is 16.0. The number of benzene rings is 1. The number of amides is 1. The number of nitrogens with zero attached hydrogens (tertiary/aromatic N) is 3. The lowest BCUT2D eigenvalue weighted by atomic mass is 10.2. The van der Waals surface area contributed by atoms with Gasteiger partial charge in [0.05, 0.1) is 18.5 Å². The molecule has 0 unspecified atom stereocenters. The molecule has 2 N–H and O–H groups in total. The van der Waals surface area contributed by atoms with Crippen LogP contribution >= 0.6 is 0 Å². The molecule has 0 bridgehead atoms. The molecule has 1 amide bonds. The highest BCUT2D eigenvalue weighted by Gasteiger charge is 2.28. The van der Waals surface area contributed by atoms with Gasteiger partial charge in [-0.2, -0.15) is 4.31 Å². The Bertz CT molecular complexity index is 833. The van der Waals surface area contributed by atoms with Gasteiger partial charge < -0.3 is 20.3 Å². The second-order valence-corrected chi connectivity index (χ2v) is 9.49. The maximum Gasteiger partial charge on any atom is 0.221 e. The van der Waals surface area contributed by atoms with Crippen LogP contribution in [0.2, 0.25) is 0 Å². The Labute approximate surface area is 179 Å². The minimum atomic E-state index is -3.32. The van der Waals surface area contributed by atoms with E-state index in [0.29, 0.717) is 32.7 Å². The molecule has 168 valence electrons. The molecule has 30 heavy (non-hydrogen) atoms. The minimum Gasteiger partial charge on any atom is -0.378 e. The van der Waals surface area contributed by atoms with Crippen LogP contribution in [0.5, 0.6) is 0 Å². The molecule has 0 aromatic heterocycles. The van der Waals surface area contributed by atoms with Crippen molar-refractivity contribution in [2.75, 3.05) is 50.9 Å². The Morgan fingerprint density at radius 3 is 2.53 bits per heavy atom. The van der Waals surface area contributed by atoms with Crippen molar-refractivity contribution in [3.05, 3.63) is 29.8 Å². The third-order valence-corrected chi connectivity index (χ3v) is 6.47. The quantitative estimate of drug-likeness (QED) is 0.464. The average molecular weight is 440 g/mol. The molecule has 0 aliphatic carbocycles. The molecule has 1 aromatic rings. The molecular formula is C20H33N5O4S. The summed E-state index contributed by atoms with van der Waals surface area (Å²) in [4.78, 5) is 17.6. The highest BCUT2D eigenvalue weighted by molar-refractivity contribution is 7.89. The van der Waals surface area contributed by atoms with Crippen molar-refractivity contribution in [2.45, 2.75) is 33.4 Å². The zero-order chi connectivity index (χ0) is 22.1.